The third-order valence-corrected chi connectivity index (χ3v) is 6.54. The molecule has 2 amide bonds. The molecule has 6 nitrogen and oxygen atoms in total. The molecule has 0 saturated carbocycles. The summed E-state index contributed by atoms with van der Waals surface area (Å²) in [6, 6.07) is 3.94. The second-order valence-corrected chi connectivity index (χ2v) is 8.25. The molecular weight excluding hydrogens is 328 g/mol. The summed E-state index contributed by atoms with van der Waals surface area (Å²) in [6.07, 6.45) is 8.06. The molecule has 3 fully saturated rings. The van der Waals surface area contributed by atoms with Crippen LogP contribution in [0.25, 0.3) is 0 Å². The number of likely N-dealkylation sites (N-methyl/N-ethyl adjacent to an activating group) is 1. The first-order valence-corrected chi connectivity index (χ1v) is 9.74. The van der Waals surface area contributed by atoms with E-state index in [4.69, 9.17) is 0 Å². The lowest BCUT2D eigenvalue weighted by molar-refractivity contribution is -0.141. The molecule has 1 spiro atoms. The zero-order valence-electron chi connectivity index (χ0n) is 15.6. The predicted octanol–water partition coefficient (Wildman–Crippen LogP) is 1.63. The number of aromatic nitrogens is 1. The van der Waals surface area contributed by atoms with Crippen molar-refractivity contribution in [3.63, 3.8) is 0 Å². The summed E-state index contributed by atoms with van der Waals surface area (Å²) >= 11 is 0. The van der Waals surface area contributed by atoms with Gasteiger partial charge in [-0.3, -0.25) is 14.6 Å². The first-order chi connectivity index (χ1) is 12.6. The molecule has 4 heterocycles. The van der Waals surface area contributed by atoms with Crippen molar-refractivity contribution in [3.05, 3.63) is 30.1 Å². The topological polar surface area (TPSA) is 56.8 Å². The van der Waals surface area contributed by atoms with Crippen molar-refractivity contribution in [1.82, 2.24) is 19.7 Å². The Labute approximate surface area is 155 Å². The number of carbonyl (C=O) groups excluding carboxylic acids is 2. The van der Waals surface area contributed by atoms with Crippen LogP contribution in [0.2, 0.25) is 0 Å². The zero-order valence-corrected chi connectivity index (χ0v) is 15.6. The fraction of sp³-hybridized carbons (Fsp3) is 0.650. The van der Waals surface area contributed by atoms with Crippen LogP contribution >= 0.6 is 0 Å². The van der Waals surface area contributed by atoms with Crippen LogP contribution in [0.5, 0.6) is 0 Å². The van der Waals surface area contributed by atoms with E-state index in [1.165, 1.54) is 0 Å². The second kappa shape index (κ2) is 6.99. The molecule has 0 N–H and O–H groups in total. The molecule has 1 aromatic heterocycles. The molecule has 1 aromatic rings. The SMILES string of the molecule is CN1CCC(N2CC3(CCC2=O)CCN(C(=O)c2ccncc2)CC3)C1. The average molecular weight is 356 g/mol. The molecule has 140 valence electrons. The molecule has 3 saturated heterocycles. The summed E-state index contributed by atoms with van der Waals surface area (Å²) in [5, 5.41) is 0. The van der Waals surface area contributed by atoms with E-state index in [9.17, 15) is 9.59 Å². The molecule has 3 aliphatic heterocycles. The van der Waals surface area contributed by atoms with Crippen LogP contribution in [0, 0.1) is 5.41 Å². The van der Waals surface area contributed by atoms with Crippen molar-refractivity contribution in [2.45, 2.75) is 38.1 Å². The van der Waals surface area contributed by atoms with Gasteiger partial charge in [-0.25, -0.2) is 0 Å². The lowest BCUT2D eigenvalue weighted by Crippen LogP contribution is -2.55. The van der Waals surface area contributed by atoms with Gasteiger partial charge in [0.1, 0.15) is 0 Å². The van der Waals surface area contributed by atoms with E-state index in [-0.39, 0.29) is 11.3 Å². The smallest absolute Gasteiger partial charge is 0.253 e. The van der Waals surface area contributed by atoms with E-state index in [0.29, 0.717) is 23.9 Å². The van der Waals surface area contributed by atoms with Crippen molar-refractivity contribution in [1.29, 1.82) is 0 Å². The van der Waals surface area contributed by atoms with Gasteiger partial charge in [0.25, 0.3) is 5.91 Å². The number of rotatable bonds is 2. The number of carbonyl (C=O) groups is 2. The fourth-order valence-corrected chi connectivity index (χ4v) is 4.81. The molecule has 0 bridgehead atoms. The van der Waals surface area contributed by atoms with E-state index >= 15 is 0 Å². The van der Waals surface area contributed by atoms with Gasteiger partial charge in [0.05, 0.1) is 0 Å². The first kappa shape index (κ1) is 17.5. The highest BCUT2D eigenvalue weighted by Gasteiger charge is 2.44. The monoisotopic (exact) mass is 356 g/mol. The largest absolute Gasteiger partial charge is 0.339 e. The Morgan fingerprint density at radius 1 is 1.15 bits per heavy atom. The van der Waals surface area contributed by atoms with Crippen molar-refractivity contribution in [2.24, 2.45) is 5.41 Å². The number of nitrogens with zero attached hydrogens (tertiary/aromatic N) is 4. The maximum absolute atomic E-state index is 12.7. The van der Waals surface area contributed by atoms with Crippen LogP contribution < -0.4 is 0 Å². The van der Waals surface area contributed by atoms with Crippen LogP contribution in [0.4, 0.5) is 0 Å². The molecular formula is C20H28N4O2. The summed E-state index contributed by atoms with van der Waals surface area (Å²) in [5.74, 6) is 0.426. The molecule has 0 radical (unpaired) electrons. The molecule has 4 rings (SSSR count). The summed E-state index contributed by atoms with van der Waals surface area (Å²) in [4.78, 5) is 35.6. The number of pyridine rings is 1. The van der Waals surface area contributed by atoms with E-state index in [1.54, 1.807) is 24.5 Å². The number of piperidine rings is 2. The molecule has 1 unspecified atom stereocenters. The molecule has 6 heteroatoms. The van der Waals surface area contributed by atoms with E-state index in [1.807, 2.05) is 4.90 Å². The Hall–Kier alpha value is -1.95. The maximum Gasteiger partial charge on any atom is 0.253 e. The van der Waals surface area contributed by atoms with E-state index < -0.39 is 0 Å². The van der Waals surface area contributed by atoms with Crippen LogP contribution in [-0.4, -0.2) is 77.3 Å². The average Bonchev–Trinajstić information content (AvgIpc) is 3.11. The Morgan fingerprint density at radius 3 is 2.54 bits per heavy atom. The molecule has 26 heavy (non-hydrogen) atoms. The van der Waals surface area contributed by atoms with Crippen LogP contribution in [0.1, 0.15) is 42.5 Å². The van der Waals surface area contributed by atoms with Gasteiger partial charge in [-0.15, -0.1) is 0 Å². The standard InChI is InChI=1S/C20H28N4O2/c1-22-11-5-17(14-22)24-15-20(6-2-18(24)25)7-12-23(13-8-20)19(26)16-3-9-21-10-4-16/h3-4,9-10,17H,2,5-8,11-15H2,1H3. The minimum absolute atomic E-state index is 0.100. The summed E-state index contributed by atoms with van der Waals surface area (Å²) in [6.45, 7) is 4.52. The zero-order chi connectivity index (χ0) is 18.1. The molecule has 3 aliphatic rings. The number of amides is 2. The second-order valence-electron chi connectivity index (χ2n) is 8.25. The van der Waals surface area contributed by atoms with Gasteiger partial charge < -0.3 is 14.7 Å². The predicted molar refractivity (Wildman–Crippen MR) is 98.7 cm³/mol. The molecule has 0 aromatic carbocycles. The summed E-state index contributed by atoms with van der Waals surface area (Å²) in [7, 11) is 2.13. The van der Waals surface area contributed by atoms with Gasteiger partial charge >= 0.3 is 0 Å². The van der Waals surface area contributed by atoms with Crippen molar-refractivity contribution in [3.8, 4) is 0 Å². The Morgan fingerprint density at radius 2 is 1.88 bits per heavy atom. The lowest BCUT2D eigenvalue weighted by atomic mass is 9.72. The van der Waals surface area contributed by atoms with E-state index in [0.717, 1.165) is 58.4 Å². The van der Waals surface area contributed by atoms with Gasteiger partial charge in [0.2, 0.25) is 5.91 Å². The highest BCUT2D eigenvalue weighted by atomic mass is 16.2. The van der Waals surface area contributed by atoms with Crippen LogP contribution in [0.15, 0.2) is 24.5 Å². The van der Waals surface area contributed by atoms with Crippen molar-refractivity contribution >= 4 is 11.8 Å². The highest BCUT2D eigenvalue weighted by Crippen LogP contribution is 2.41. The number of likely N-dealkylation sites (tertiary alicyclic amines) is 3. The van der Waals surface area contributed by atoms with Crippen molar-refractivity contribution < 1.29 is 9.59 Å². The van der Waals surface area contributed by atoms with Gasteiger partial charge in [0, 0.05) is 56.6 Å². The minimum Gasteiger partial charge on any atom is -0.339 e. The Kier molecular flexibility index (Phi) is 4.69. The highest BCUT2D eigenvalue weighted by molar-refractivity contribution is 5.94. The number of hydrogen-bond donors (Lipinski definition) is 0. The fourth-order valence-electron chi connectivity index (χ4n) is 4.81. The Bertz CT molecular complexity index is 670. The number of hydrogen-bond acceptors (Lipinski definition) is 4. The van der Waals surface area contributed by atoms with Gasteiger partial charge in [-0.1, -0.05) is 0 Å². The lowest BCUT2D eigenvalue weighted by Gasteiger charge is -2.49. The quantitative estimate of drug-likeness (QED) is 0.808. The summed E-state index contributed by atoms with van der Waals surface area (Å²) < 4.78 is 0. The third kappa shape index (κ3) is 3.34. The summed E-state index contributed by atoms with van der Waals surface area (Å²) in [5.41, 5.74) is 0.912. The van der Waals surface area contributed by atoms with Gasteiger partial charge in [0.15, 0.2) is 0 Å². The Balaban J connectivity index is 1.40. The third-order valence-electron chi connectivity index (χ3n) is 6.54. The van der Waals surface area contributed by atoms with Gasteiger partial charge in [-0.2, -0.15) is 0 Å². The van der Waals surface area contributed by atoms with Crippen molar-refractivity contribution in [2.75, 3.05) is 39.8 Å². The molecule has 0 aliphatic carbocycles. The van der Waals surface area contributed by atoms with E-state index in [2.05, 4.69) is 21.8 Å². The van der Waals surface area contributed by atoms with Gasteiger partial charge in [-0.05, 0) is 56.8 Å². The van der Waals surface area contributed by atoms with Crippen LogP contribution in [-0.2, 0) is 4.79 Å². The maximum atomic E-state index is 12.7. The van der Waals surface area contributed by atoms with Crippen LogP contribution in [0.3, 0.4) is 0 Å². The normalized spacial score (nSPS) is 26.5. The minimum atomic E-state index is 0.100. The molecule has 1 atom stereocenters. The first-order valence-electron chi connectivity index (χ1n) is 9.74.